The second-order valence-corrected chi connectivity index (χ2v) is 6.53. The van der Waals surface area contributed by atoms with Gasteiger partial charge in [-0.15, -0.1) is 0 Å². The highest BCUT2D eigenvalue weighted by Gasteiger charge is 2.18. The van der Waals surface area contributed by atoms with E-state index in [4.69, 9.17) is 0 Å². The molecule has 1 saturated heterocycles. The van der Waals surface area contributed by atoms with E-state index >= 15 is 0 Å². The van der Waals surface area contributed by atoms with Crippen molar-refractivity contribution in [2.75, 3.05) is 19.6 Å². The Kier molecular flexibility index (Phi) is 12.8. The number of piperidine rings is 1. The van der Waals surface area contributed by atoms with Crippen molar-refractivity contribution in [2.24, 2.45) is 5.92 Å². The first-order chi connectivity index (χ1) is 8.83. The fraction of sp³-hybridized carbons (Fsp3) is 1.00. The zero-order valence-corrected chi connectivity index (χ0v) is 13.4. The molecule has 0 amide bonds. The van der Waals surface area contributed by atoms with Crippen LogP contribution < -0.4 is 9.60 Å². The third-order valence-electron chi connectivity index (χ3n) is 4.50. The van der Waals surface area contributed by atoms with Gasteiger partial charge in [-0.05, 0) is 25.7 Å². The van der Waals surface area contributed by atoms with E-state index in [9.17, 15) is 0 Å². The Morgan fingerprint density at radius 3 is 2.05 bits per heavy atom. The molecule has 2 unspecified atom stereocenters. The molecule has 2 atom stereocenters. The average Bonchev–Trinajstić information content (AvgIpc) is 2.37. The van der Waals surface area contributed by atoms with E-state index in [0.29, 0.717) is 0 Å². The minimum atomic E-state index is 0. The number of unbranched alkanes of at least 4 members (excludes halogenated alkanes) is 8. The van der Waals surface area contributed by atoms with Gasteiger partial charge in [-0.2, -0.15) is 0 Å². The van der Waals surface area contributed by atoms with Crippen molar-refractivity contribution >= 4 is 0 Å². The van der Waals surface area contributed by atoms with Crippen LogP contribution in [0.4, 0.5) is 0 Å². The summed E-state index contributed by atoms with van der Waals surface area (Å²) in [4.78, 5) is 1.89. The Morgan fingerprint density at radius 2 is 1.47 bits per heavy atom. The molecule has 0 aliphatic carbocycles. The van der Waals surface area contributed by atoms with Gasteiger partial charge in [-0.3, -0.25) is 0 Å². The number of hydrogen-bond acceptors (Lipinski definition) is 0. The van der Waals surface area contributed by atoms with Crippen molar-refractivity contribution in [1.82, 2.24) is 0 Å². The fourth-order valence-electron chi connectivity index (χ4n) is 3.31. The molecule has 1 aliphatic rings. The smallest absolute Gasteiger partial charge is 0.0796 e. The van der Waals surface area contributed by atoms with Crippen molar-refractivity contribution in [3.8, 4) is 0 Å². The molecule has 19 heavy (non-hydrogen) atoms. The molecule has 0 aromatic heterocycles. The highest BCUT2D eigenvalue weighted by molar-refractivity contribution is 4.55. The maximum Gasteiger partial charge on any atom is 0.0796 e. The Balaban J connectivity index is 0.00000324. The van der Waals surface area contributed by atoms with Gasteiger partial charge in [-0.1, -0.05) is 58.8 Å². The number of nitrogens with one attached hydrogen (secondary N) is 1. The van der Waals surface area contributed by atoms with E-state index < -0.39 is 0 Å². The molecule has 0 aromatic rings. The maximum atomic E-state index is 2.43. The third-order valence-corrected chi connectivity index (χ3v) is 4.50. The molecule has 2 heteroatoms. The summed E-state index contributed by atoms with van der Waals surface area (Å²) >= 11 is 0. The zero-order valence-electron chi connectivity index (χ0n) is 13.4. The quantitative estimate of drug-likeness (QED) is 0.563. The van der Waals surface area contributed by atoms with Gasteiger partial charge in [0, 0.05) is 5.92 Å². The molecule has 0 bridgehead atoms. The van der Waals surface area contributed by atoms with Crippen LogP contribution in [0, 0.1) is 5.92 Å². The van der Waals surface area contributed by atoms with Crippen LogP contribution in [-0.2, 0) is 0 Å². The van der Waals surface area contributed by atoms with Gasteiger partial charge in [-0.25, -0.2) is 0 Å². The Bertz CT molecular complexity index is 184. The lowest BCUT2D eigenvalue weighted by Gasteiger charge is -2.27. The van der Waals surface area contributed by atoms with Crippen LogP contribution in [0.3, 0.4) is 0 Å². The van der Waals surface area contributed by atoms with E-state index in [0.717, 1.165) is 5.92 Å². The Morgan fingerprint density at radius 1 is 0.895 bits per heavy atom. The van der Waals surface area contributed by atoms with Gasteiger partial charge in [0.25, 0.3) is 0 Å². The minimum absolute atomic E-state index is 0. The van der Waals surface area contributed by atoms with Gasteiger partial charge < -0.3 is 9.60 Å². The SMILES string of the molecule is CCCCCCCCCCC[NH+]1CCCC(C)C1.[F-]. The molecule has 1 nitrogen and oxygen atoms in total. The number of hydrogen-bond donors (Lipinski definition) is 1. The first-order valence-corrected chi connectivity index (χ1v) is 8.66. The maximum absolute atomic E-state index is 2.43. The first kappa shape index (κ1) is 18.9. The summed E-state index contributed by atoms with van der Waals surface area (Å²) in [7, 11) is 0. The molecule has 1 N–H and O–H groups in total. The van der Waals surface area contributed by atoms with Crippen molar-refractivity contribution in [1.29, 1.82) is 0 Å². The third kappa shape index (κ3) is 10.4. The van der Waals surface area contributed by atoms with Crippen LogP contribution >= 0.6 is 0 Å². The molecule has 1 rings (SSSR count). The van der Waals surface area contributed by atoms with Gasteiger partial charge >= 0.3 is 0 Å². The summed E-state index contributed by atoms with van der Waals surface area (Å²) in [5.41, 5.74) is 0. The van der Waals surface area contributed by atoms with Crippen LogP contribution in [0.5, 0.6) is 0 Å². The molecule has 0 aromatic carbocycles. The highest BCUT2D eigenvalue weighted by Crippen LogP contribution is 2.09. The Labute approximate surface area is 120 Å². The largest absolute Gasteiger partial charge is 1.00 e. The first-order valence-electron chi connectivity index (χ1n) is 8.66. The monoisotopic (exact) mass is 273 g/mol. The van der Waals surface area contributed by atoms with E-state index in [1.807, 2.05) is 4.90 Å². The number of quaternary nitrogens is 1. The second-order valence-electron chi connectivity index (χ2n) is 6.53. The van der Waals surface area contributed by atoms with Crippen molar-refractivity contribution in [3.63, 3.8) is 0 Å². The molecule has 0 spiro atoms. The predicted octanol–water partition coefficient (Wildman–Crippen LogP) is 0.836. The number of rotatable bonds is 10. The van der Waals surface area contributed by atoms with Gasteiger partial charge in [0.05, 0.1) is 19.6 Å². The number of halogens is 1. The van der Waals surface area contributed by atoms with E-state index in [2.05, 4.69) is 13.8 Å². The molecule has 116 valence electrons. The average molecular weight is 273 g/mol. The van der Waals surface area contributed by atoms with E-state index in [1.165, 1.54) is 90.3 Å². The van der Waals surface area contributed by atoms with Crippen molar-refractivity contribution in [2.45, 2.75) is 84.5 Å². The fourth-order valence-corrected chi connectivity index (χ4v) is 3.31. The molecule has 1 aliphatic heterocycles. The molecule has 1 fully saturated rings. The van der Waals surface area contributed by atoms with Crippen LogP contribution in [0.2, 0.25) is 0 Å². The molecule has 0 saturated carbocycles. The normalized spacial score (nSPS) is 23.1. The van der Waals surface area contributed by atoms with Crippen LogP contribution in [0.25, 0.3) is 0 Å². The Hall–Kier alpha value is -0.110. The lowest BCUT2D eigenvalue weighted by Crippen LogP contribution is -3.13. The summed E-state index contributed by atoms with van der Waals surface area (Å²) in [6.45, 7) is 9.05. The second kappa shape index (κ2) is 12.9. The van der Waals surface area contributed by atoms with E-state index in [-0.39, 0.29) is 4.70 Å². The van der Waals surface area contributed by atoms with Crippen LogP contribution in [-0.4, -0.2) is 19.6 Å². The standard InChI is InChI=1S/C17H35N.FH/c1-3-4-5-6-7-8-9-10-11-14-18-15-12-13-17(2)16-18;/h17H,3-16H2,1-2H3;1H. The highest BCUT2D eigenvalue weighted by atomic mass is 19.0. The molecular weight excluding hydrogens is 237 g/mol. The van der Waals surface area contributed by atoms with Crippen LogP contribution in [0.15, 0.2) is 0 Å². The number of likely N-dealkylation sites (tertiary alicyclic amines) is 1. The lowest BCUT2D eigenvalue weighted by molar-refractivity contribution is -0.908. The predicted molar refractivity (Wildman–Crippen MR) is 81.2 cm³/mol. The molecular formula is C17H36FN. The van der Waals surface area contributed by atoms with Gasteiger partial charge in [0.2, 0.25) is 0 Å². The van der Waals surface area contributed by atoms with Gasteiger partial charge in [0.1, 0.15) is 0 Å². The zero-order chi connectivity index (χ0) is 13.1. The molecule has 1 heterocycles. The van der Waals surface area contributed by atoms with Crippen molar-refractivity contribution in [3.05, 3.63) is 0 Å². The summed E-state index contributed by atoms with van der Waals surface area (Å²) < 4.78 is 0. The van der Waals surface area contributed by atoms with E-state index in [1.54, 1.807) is 0 Å². The molecule has 0 radical (unpaired) electrons. The van der Waals surface area contributed by atoms with Crippen LogP contribution in [0.1, 0.15) is 84.5 Å². The van der Waals surface area contributed by atoms with Crippen molar-refractivity contribution < 1.29 is 9.60 Å². The summed E-state index contributed by atoms with van der Waals surface area (Å²) in [5, 5.41) is 0. The minimum Gasteiger partial charge on any atom is -1.00 e. The summed E-state index contributed by atoms with van der Waals surface area (Å²) in [6.07, 6.45) is 16.1. The lowest BCUT2D eigenvalue weighted by atomic mass is 10.00. The van der Waals surface area contributed by atoms with Gasteiger partial charge in [0.15, 0.2) is 0 Å². The summed E-state index contributed by atoms with van der Waals surface area (Å²) in [5.74, 6) is 0.979. The topological polar surface area (TPSA) is 4.44 Å². The summed E-state index contributed by atoms with van der Waals surface area (Å²) in [6, 6.07) is 0.